The summed E-state index contributed by atoms with van der Waals surface area (Å²) in [4.78, 5) is 11.9. The molecule has 0 bridgehead atoms. The number of carbonyl (C=O) groups excluding carboxylic acids is 1. The molecule has 1 aromatic carbocycles. The normalized spacial score (nSPS) is 20.2. The summed E-state index contributed by atoms with van der Waals surface area (Å²) in [6, 6.07) is 8.94. The molecule has 3 rings (SSSR count). The molecule has 0 atom stereocenters. The number of nitrogens with one attached hydrogen (secondary N) is 1. The molecule has 1 N–H and O–H groups in total. The predicted octanol–water partition coefficient (Wildman–Crippen LogP) is 2.52. The van der Waals surface area contributed by atoms with E-state index < -0.39 is 21.5 Å². The molecule has 1 heterocycles. The lowest BCUT2D eigenvalue weighted by Crippen LogP contribution is -2.41. The van der Waals surface area contributed by atoms with Crippen molar-refractivity contribution in [2.24, 2.45) is 5.92 Å². The second-order valence-corrected chi connectivity index (χ2v) is 10.3. The minimum Gasteiger partial charge on any atom is -0.444 e. The molecule has 10 heteroatoms. The number of rotatable bonds is 5. The van der Waals surface area contributed by atoms with Crippen LogP contribution in [0.2, 0.25) is 0 Å². The molecule has 0 aliphatic heterocycles. The molecule has 0 saturated heterocycles. The number of tetrazole rings is 1. The smallest absolute Gasteiger partial charge is 0.407 e. The molecule has 1 amide bonds. The zero-order valence-electron chi connectivity index (χ0n) is 16.9. The number of amides is 1. The van der Waals surface area contributed by atoms with Gasteiger partial charge >= 0.3 is 6.09 Å². The second kappa shape index (κ2) is 8.48. The van der Waals surface area contributed by atoms with E-state index in [9.17, 15) is 13.2 Å². The summed E-state index contributed by atoms with van der Waals surface area (Å²) in [6.07, 6.45) is 2.39. The van der Waals surface area contributed by atoms with E-state index in [1.54, 1.807) is 24.3 Å². The van der Waals surface area contributed by atoms with Gasteiger partial charge in [-0.2, -0.15) is 4.68 Å². The molecule has 1 saturated carbocycles. The van der Waals surface area contributed by atoms with Gasteiger partial charge in [0.2, 0.25) is 9.84 Å². The number of benzene rings is 1. The number of hydrogen-bond donors (Lipinski definition) is 1. The highest BCUT2D eigenvalue weighted by Crippen LogP contribution is 2.27. The van der Waals surface area contributed by atoms with Crippen molar-refractivity contribution >= 4 is 15.9 Å². The highest BCUT2D eigenvalue weighted by molar-refractivity contribution is 7.91. The van der Waals surface area contributed by atoms with Crippen LogP contribution in [0.3, 0.4) is 0 Å². The number of ether oxygens (including phenoxy) is 1. The summed E-state index contributed by atoms with van der Waals surface area (Å²) in [7, 11) is -3.65. The first-order chi connectivity index (χ1) is 13.6. The molecular weight excluding hydrogens is 394 g/mol. The van der Waals surface area contributed by atoms with Crippen molar-refractivity contribution in [3.8, 4) is 5.69 Å². The lowest BCUT2D eigenvalue weighted by atomic mass is 9.87. The van der Waals surface area contributed by atoms with Gasteiger partial charge in [0.15, 0.2) is 0 Å². The number of alkyl carbamates (subject to hydrolysis) is 1. The van der Waals surface area contributed by atoms with Crippen molar-refractivity contribution in [2.75, 3.05) is 5.75 Å². The fourth-order valence-corrected chi connectivity index (χ4v) is 5.11. The van der Waals surface area contributed by atoms with Crippen LogP contribution in [0.1, 0.15) is 46.5 Å². The molecule has 158 valence electrons. The highest BCUT2D eigenvalue weighted by atomic mass is 32.2. The van der Waals surface area contributed by atoms with Crippen LogP contribution in [0.4, 0.5) is 4.79 Å². The zero-order chi connectivity index (χ0) is 21.1. The van der Waals surface area contributed by atoms with E-state index in [1.807, 2.05) is 26.8 Å². The molecule has 1 aliphatic rings. The van der Waals surface area contributed by atoms with Crippen molar-refractivity contribution in [2.45, 2.75) is 63.3 Å². The minimum absolute atomic E-state index is 0.00144. The van der Waals surface area contributed by atoms with Gasteiger partial charge in [-0.15, -0.1) is 0 Å². The Kier molecular flexibility index (Phi) is 6.21. The topological polar surface area (TPSA) is 116 Å². The Morgan fingerprint density at radius 1 is 1.17 bits per heavy atom. The summed E-state index contributed by atoms with van der Waals surface area (Å²) in [5.74, 6) is -0.0167. The number of para-hydroxylation sites is 1. The predicted molar refractivity (Wildman–Crippen MR) is 106 cm³/mol. The monoisotopic (exact) mass is 421 g/mol. The van der Waals surface area contributed by atoms with Gasteiger partial charge in [-0.3, -0.25) is 0 Å². The molecule has 2 aromatic rings. The first kappa shape index (κ1) is 21.2. The Morgan fingerprint density at radius 2 is 1.83 bits per heavy atom. The standard InChI is InChI=1S/C19H27N5O4S/c1-19(2,3)28-18(25)20-15-11-9-14(10-12-15)13-29(26,27)17-21-22-23-24(17)16-7-5-4-6-8-16/h4-8,14-15H,9-13H2,1-3H3,(H,20,25)/t14-,15-. The average molecular weight is 422 g/mol. The quantitative estimate of drug-likeness (QED) is 0.788. The van der Waals surface area contributed by atoms with E-state index in [4.69, 9.17) is 4.74 Å². The van der Waals surface area contributed by atoms with Crippen LogP contribution in [0.25, 0.3) is 5.69 Å². The number of carbonyl (C=O) groups is 1. The third-order valence-corrected chi connectivity index (χ3v) is 6.46. The van der Waals surface area contributed by atoms with Crippen LogP contribution in [-0.2, 0) is 14.6 Å². The molecule has 1 aliphatic carbocycles. The van der Waals surface area contributed by atoms with Gasteiger partial charge in [0, 0.05) is 6.04 Å². The van der Waals surface area contributed by atoms with Crippen molar-refractivity contribution in [1.29, 1.82) is 0 Å². The van der Waals surface area contributed by atoms with E-state index in [2.05, 4.69) is 20.8 Å². The maximum Gasteiger partial charge on any atom is 0.407 e. The highest BCUT2D eigenvalue weighted by Gasteiger charge is 2.31. The number of nitrogens with zero attached hydrogens (tertiary/aromatic N) is 4. The van der Waals surface area contributed by atoms with Crippen molar-refractivity contribution in [3.63, 3.8) is 0 Å². The van der Waals surface area contributed by atoms with Crippen molar-refractivity contribution < 1.29 is 17.9 Å². The van der Waals surface area contributed by atoms with Gasteiger partial charge in [-0.1, -0.05) is 23.3 Å². The Labute approximate surface area is 170 Å². The molecule has 1 aromatic heterocycles. The molecule has 0 spiro atoms. The van der Waals surface area contributed by atoms with E-state index in [-0.39, 0.29) is 22.9 Å². The summed E-state index contributed by atoms with van der Waals surface area (Å²) >= 11 is 0. The van der Waals surface area contributed by atoms with Crippen LogP contribution >= 0.6 is 0 Å². The van der Waals surface area contributed by atoms with Gasteiger partial charge in [0.25, 0.3) is 5.16 Å². The Hall–Kier alpha value is -2.49. The third kappa shape index (κ3) is 5.75. The number of aromatic nitrogens is 4. The summed E-state index contributed by atoms with van der Waals surface area (Å²) in [6.45, 7) is 5.45. The van der Waals surface area contributed by atoms with Crippen LogP contribution in [0.5, 0.6) is 0 Å². The first-order valence-corrected chi connectivity index (χ1v) is 11.4. The fourth-order valence-electron chi connectivity index (χ4n) is 3.44. The van der Waals surface area contributed by atoms with Crippen LogP contribution < -0.4 is 5.32 Å². The SMILES string of the molecule is CC(C)(C)OC(=O)N[C@H]1CC[C@H](CS(=O)(=O)c2nnnn2-c2ccccc2)CC1. The fraction of sp³-hybridized carbons (Fsp3) is 0.579. The van der Waals surface area contributed by atoms with E-state index in [0.29, 0.717) is 31.4 Å². The van der Waals surface area contributed by atoms with Crippen LogP contribution in [0.15, 0.2) is 35.5 Å². The Bertz CT molecular complexity index is 929. The summed E-state index contributed by atoms with van der Waals surface area (Å²) < 4.78 is 32.4. The molecule has 1 fully saturated rings. The average Bonchev–Trinajstić information content (AvgIpc) is 3.13. The zero-order valence-corrected chi connectivity index (χ0v) is 17.7. The second-order valence-electron chi connectivity index (χ2n) is 8.35. The van der Waals surface area contributed by atoms with E-state index in [1.165, 1.54) is 4.68 Å². The van der Waals surface area contributed by atoms with Gasteiger partial charge in [-0.05, 0) is 74.9 Å². The van der Waals surface area contributed by atoms with E-state index in [0.717, 1.165) is 0 Å². The summed E-state index contributed by atoms with van der Waals surface area (Å²) in [5.41, 5.74) is 0.0549. The maximum absolute atomic E-state index is 12.9. The molecule has 0 unspecified atom stereocenters. The first-order valence-electron chi connectivity index (χ1n) is 9.70. The van der Waals surface area contributed by atoms with Crippen LogP contribution in [-0.4, -0.2) is 52.1 Å². The van der Waals surface area contributed by atoms with Gasteiger partial charge < -0.3 is 10.1 Å². The number of sulfone groups is 1. The summed E-state index contributed by atoms with van der Waals surface area (Å²) in [5, 5.41) is 13.9. The lowest BCUT2D eigenvalue weighted by Gasteiger charge is -2.29. The molecular formula is C19H27N5O4S. The largest absolute Gasteiger partial charge is 0.444 e. The molecule has 0 radical (unpaired) electrons. The Morgan fingerprint density at radius 3 is 2.45 bits per heavy atom. The maximum atomic E-state index is 12.9. The Balaban J connectivity index is 1.58. The van der Waals surface area contributed by atoms with Gasteiger partial charge in [0.05, 0.1) is 11.4 Å². The van der Waals surface area contributed by atoms with Crippen molar-refractivity contribution in [3.05, 3.63) is 30.3 Å². The lowest BCUT2D eigenvalue weighted by molar-refractivity contribution is 0.0488. The number of hydrogen-bond acceptors (Lipinski definition) is 7. The van der Waals surface area contributed by atoms with Gasteiger partial charge in [0.1, 0.15) is 5.60 Å². The minimum atomic E-state index is -3.65. The van der Waals surface area contributed by atoms with Gasteiger partial charge in [-0.25, -0.2) is 13.2 Å². The third-order valence-electron chi connectivity index (χ3n) is 4.74. The van der Waals surface area contributed by atoms with Crippen LogP contribution in [0, 0.1) is 5.92 Å². The van der Waals surface area contributed by atoms with E-state index >= 15 is 0 Å². The molecule has 9 nitrogen and oxygen atoms in total. The molecule has 29 heavy (non-hydrogen) atoms. The van der Waals surface area contributed by atoms with Crippen molar-refractivity contribution in [1.82, 2.24) is 25.5 Å².